The second-order valence-corrected chi connectivity index (χ2v) is 6.71. The Morgan fingerprint density at radius 2 is 2.00 bits per heavy atom. The van der Waals surface area contributed by atoms with Gasteiger partial charge < -0.3 is 0 Å². The Hall–Kier alpha value is -2.50. The number of rotatable bonds is 2. The van der Waals surface area contributed by atoms with Gasteiger partial charge in [-0.1, -0.05) is 6.07 Å². The zero-order chi connectivity index (χ0) is 16.8. The molecular formula is C17H19FN4O. The normalized spacial score (nSPS) is 12.0. The molecule has 0 bridgehead atoms. The van der Waals surface area contributed by atoms with Crippen LogP contribution in [0.25, 0.3) is 11.0 Å². The van der Waals surface area contributed by atoms with Gasteiger partial charge in [0.1, 0.15) is 17.5 Å². The maximum Gasteiger partial charge on any atom is 0.264 e. The molecule has 3 rings (SSSR count). The third-order valence-electron chi connectivity index (χ3n) is 3.84. The second-order valence-electron chi connectivity index (χ2n) is 6.71. The maximum absolute atomic E-state index is 13.4. The van der Waals surface area contributed by atoms with Crippen molar-refractivity contribution in [2.75, 3.05) is 0 Å². The van der Waals surface area contributed by atoms with Crippen molar-refractivity contribution in [2.24, 2.45) is 0 Å². The Bertz CT molecular complexity index is 934. The van der Waals surface area contributed by atoms with Crippen molar-refractivity contribution in [2.45, 2.75) is 39.8 Å². The Balaban J connectivity index is 2.09. The third-order valence-corrected chi connectivity index (χ3v) is 3.84. The largest absolute Gasteiger partial charge is 0.294 e. The summed E-state index contributed by atoms with van der Waals surface area (Å²) in [5.41, 5.74) is 1.83. The number of aromatic nitrogens is 4. The van der Waals surface area contributed by atoms with Gasteiger partial charge in [-0.05, 0) is 51.0 Å². The Kier molecular flexibility index (Phi) is 3.55. The van der Waals surface area contributed by atoms with Gasteiger partial charge in [-0.2, -0.15) is 5.10 Å². The van der Waals surface area contributed by atoms with Gasteiger partial charge >= 0.3 is 0 Å². The third kappa shape index (κ3) is 2.76. The lowest BCUT2D eigenvalue weighted by Crippen LogP contribution is -2.25. The SMILES string of the molecule is Cc1ccc(F)cc1Cn1cnc2c(cnn2C(C)(C)C)c1=O. The molecule has 120 valence electrons. The molecule has 0 amide bonds. The van der Waals surface area contributed by atoms with Crippen LogP contribution < -0.4 is 5.56 Å². The molecule has 0 unspecified atom stereocenters. The van der Waals surface area contributed by atoms with E-state index in [1.807, 2.05) is 27.7 Å². The van der Waals surface area contributed by atoms with Crippen molar-refractivity contribution >= 4 is 11.0 Å². The molecule has 2 heterocycles. The van der Waals surface area contributed by atoms with E-state index in [0.717, 1.165) is 11.1 Å². The Morgan fingerprint density at radius 3 is 2.70 bits per heavy atom. The first-order valence-corrected chi connectivity index (χ1v) is 7.46. The molecule has 0 atom stereocenters. The van der Waals surface area contributed by atoms with Crippen LogP contribution in [0, 0.1) is 12.7 Å². The molecule has 0 aliphatic heterocycles. The monoisotopic (exact) mass is 314 g/mol. The van der Waals surface area contributed by atoms with Gasteiger partial charge in [0.05, 0.1) is 18.3 Å². The maximum atomic E-state index is 13.4. The van der Waals surface area contributed by atoms with Gasteiger partial charge in [0.25, 0.3) is 5.56 Å². The van der Waals surface area contributed by atoms with E-state index >= 15 is 0 Å². The van der Waals surface area contributed by atoms with Gasteiger partial charge in [-0.3, -0.25) is 9.36 Å². The van der Waals surface area contributed by atoms with E-state index in [9.17, 15) is 9.18 Å². The summed E-state index contributed by atoms with van der Waals surface area (Å²) in [4.78, 5) is 17.0. The zero-order valence-corrected chi connectivity index (χ0v) is 13.7. The summed E-state index contributed by atoms with van der Waals surface area (Å²) in [6.45, 7) is 8.18. The van der Waals surface area contributed by atoms with Crippen molar-refractivity contribution in [3.8, 4) is 0 Å². The van der Waals surface area contributed by atoms with Crippen LogP contribution in [0.4, 0.5) is 4.39 Å². The van der Waals surface area contributed by atoms with Crippen molar-refractivity contribution < 1.29 is 4.39 Å². The molecule has 0 radical (unpaired) electrons. The molecule has 0 N–H and O–H groups in total. The average Bonchev–Trinajstić information content (AvgIpc) is 2.90. The smallest absolute Gasteiger partial charge is 0.264 e. The number of hydrogen-bond acceptors (Lipinski definition) is 3. The van der Waals surface area contributed by atoms with Gasteiger partial charge in [0.15, 0.2) is 5.65 Å². The molecule has 23 heavy (non-hydrogen) atoms. The molecule has 0 saturated carbocycles. The van der Waals surface area contributed by atoms with E-state index in [1.165, 1.54) is 23.0 Å². The summed E-state index contributed by atoms with van der Waals surface area (Å²) in [5, 5.41) is 4.76. The molecular weight excluding hydrogens is 295 g/mol. The molecule has 0 spiro atoms. The summed E-state index contributed by atoms with van der Waals surface area (Å²) in [6, 6.07) is 4.57. The highest BCUT2D eigenvalue weighted by Crippen LogP contribution is 2.18. The van der Waals surface area contributed by atoms with E-state index in [2.05, 4.69) is 10.1 Å². The van der Waals surface area contributed by atoms with Crippen molar-refractivity contribution in [3.05, 3.63) is 58.0 Å². The van der Waals surface area contributed by atoms with E-state index in [0.29, 0.717) is 11.0 Å². The Morgan fingerprint density at radius 1 is 1.26 bits per heavy atom. The van der Waals surface area contributed by atoms with Crippen molar-refractivity contribution in [3.63, 3.8) is 0 Å². The Labute approximate surface area is 133 Å². The van der Waals surface area contributed by atoms with E-state index in [4.69, 9.17) is 0 Å². The van der Waals surface area contributed by atoms with Crippen LogP contribution in [-0.4, -0.2) is 19.3 Å². The minimum atomic E-state index is -0.312. The van der Waals surface area contributed by atoms with Crippen LogP contribution >= 0.6 is 0 Å². The number of fused-ring (bicyclic) bond motifs is 1. The summed E-state index contributed by atoms with van der Waals surface area (Å²) in [6.07, 6.45) is 3.05. The van der Waals surface area contributed by atoms with Gasteiger partial charge in [-0.15, -0.1) is 0 Å². The lowest BCUT2D eigenvalue weighted by molar-refractivity contribution is 0.365. The van der Waals surface area contributed by atoms with Crippen LogP contribution in [-0.2, 0) is 12.1 Å². The highest BCUT2D eigenvalue weighted by Gasteiger charge is 2.19. The van der Waals surface area contributed by atoms with Gasteiger partial charge in [0, 0.05) is 0 Å². The van der Waals surface area contributed by atoms with Crippen LogP contribution in [0.1, 0.15) is 31.9 Å². The molecule has 2 aromatic heterocycles. The van der Waals surface area contributed by atoms with E-state index < -0.39 is 0 Å². The average molecular weight is 314 g/mol. The summed E-state index contributed by atoms with van der Waals surface area (Å²) < 4.78 is 16.6. The highest BCUT2D eigenvalue weighted by atomic mass is 19.1. The molecule has 6 heteroatoms. The van der Waals surface area contributed by atoms with Gasteiger partial charge in [0.2, 0.25) is 0 Å². The van der Waals surface area contributed by atoms with Crippen LogP contribution in [0.5, 0.6) is 0 Å². The number of hydrogen-bond donors (Lipinski definition) is 0. The topological polar surface area (TPSA) is 52.7 Å². The first-order chi connectivity index (χ1) is 10.8. The van der Waals surface area contributed by atoms with Crippen LogP contribution in [0.15, 0.2) is 35.5 Å². The zero-order valence-electron chi connectivity index (χ0n) is 13.7. The van der Waals surface area contributed by atoms with Gasteiger partial charge in [-0.25, -0.2) is 14.1 Å². The number of halogens is 1. The molecule has 3 aromatic rings. The lowest BCUT2D eigenvalue weighted by Gasteiger charge is -2.19. The summed E-state index contributed by atoms with van der Waals surface area (Å²) in [5.74, 6) is -0.312. The number of nitrogens with zero attached hydrogens (tertiary/aromatic N) is 4. The molecule has 5 nitrogen and oxygen atoms in total. The predicted octanol–water partition coefficient (Wildman–Crippen LogP) is 2.84. The fourth-order valence-electron chi connectivity index (χ4n) is 2.55. The molecule has 0 fully saturated rings. The standard InChI is InChI=1S/C17H19FN4O/c1-11-5-6-13(18)7-12(11)9-21-10-19-15-14(16(21)23)8-20-22(15)17(2,3)4/h5-8,10H,9H2,1-4H3. The van der Waals surface area contributed by atoms with Crippen molar-refractivity contribution in [1.82, 2.24) is 19.3 Å². The van der Waals surface area contributed by atoms with Crippen LogP contribution in [0.3, 0.4) is 0 Å². The van der Waals surface area contributed by atoms with E-state index in [-0.39, 0.29) is 23.5 Å². The van der Waals surface area contributed by atoms with Crippen molar-refractivity contribution in [1.29, 1.82) is 0 Å². The fraction of sp³-hybridized carbons (Fsp3) is 0.353. The summed E-state index contributed by atoms with van der Waals surface area (Å²) >= 11 is 0. The molecule has 0 aliphatic carbocycles. The quantitative estimate of drug-likeness (QED) is 0.731. The molecule has 1 aromatic carbocycles. The fourth-order valence-corrected chi connectivity index (χ4v) is 2.55. The first-order valence-electron chi connectivity index (χ1n) is 7.46. The number of benzene rings is 1. The first kappa shape index (κ1) is 15.4. The summed E-state index contributed by atoms with van der Waals surface area (Å²) in [7, 11) is 0. The number of aryl methyl sites for hydroxylation is 1. The predicted molar refractivity (Wildman–Crippen MR) is 87.0 cm³/mol. The van der Waals surface area contributed by atoms with Crippen LogP contribution in [0.2, 0.25) is 0 Å². The molecule has 0 aliphatic rings. The lowest BCUT2D eigenvalue weighted by atomic mass is 10.1. The highest BCUT2D eigenvalue weighted by molar-refractivity contribution is 5.73. The minimum absolute atomic E-state index is 0.172. The van der Waals surface area contributed by atoms with E-state index in [1.54, 1.807) is 16.9 Å². The minimum Gasteiger partial charge on any atom is -0.294 e. The molecule has 0 saturated heterocycles. The second kappa shape index (κ2) is 5.30.